The summed E-state index contributed by atoms with van der Waals surface area (Å²) in [7, 11) is 0. The molecule has 0 heteroatoms. The summed E-state index contributed by atoms with van der Waals surface area (Å²) in [6.07, 6.45) is 9.27. The lowest BCUT2D eigenvalue weighted by Gasteiger charge is -2.02. The summed E-state index contributed by atoms with van der Waals surface area (Å²) in [4.78, 5) is 0. The van der Waals surface area contributed by atoms with Crippen LogP contribution in [-0.2, 0) is 0 Å². The highest BCUT2D eigenvalue weighted by molar-refractivity contribution is 5.73. The molecule has 0 nitrogen and oxygen atoms in total. The minimum atomic E-state index is 1.16. The largest absolute Gasteiger partial charge is 0.0985 e. The monoisotopic (exact) mass is 200 g/mol. The Balaban J connectivity index is 2.59. The fourth-order valence-electron chi connectivity index (χ4n) is 1.60. The molecule has 0 spiro atoms. The van der Waals surface area contributed by atoms with Gasteiger partial charge in [0.25, 0.3) is 0 Å². The van der Waals surface area contributed by atoms with Gasteiger partial charge in [-0.3, -0.25) is 0 Å². The first-order chi connectivity index (χ1) is 7.38. The molecule has 80 valence electrons. The molecule has 0 unspecified atom stereocenters. The van der Waals surface area contributed by atoms with E-state index in [9.17, 15) is 0 Å². The van der Waals surface area contributed by atoms with E-state index in [2.05, 4.69) is 43.8 Å². The average molecular weight is 200 g/mol. The molecule has 0 aliphatic carbocycles. The first-order valence-corrected chi connectivity index (χ1v) is 5.76. The van der Waals surface area contributed by atoms with Crippen LogP contribution in [0.5, 0.6) is 0 Å². The van der Waals surface area contributed by atoms with Crippen molar-refractivity contribution in [2.75, 3.05) is 0 Å². The zero-order valence-electron chi connectivity index (χ0n) is 9.58. The van der Waals surface area contributed by atoms with Crippen LogP contribution in [0.1, 0.15) is 38.2 Å². The fourth-order valence-corrected chi connectivity index (χ4v) is 1.60. The van der Waals surface area contributed by atoms with E-state index in [1.165, 1.54) is 30.4 Å². The third-order valence-corrected chi connectivity index (χ3v) is 2.50. The molecule has 1 rings (SSSR count). The number of allylic oxidation sites excluding steroid dienone is 3. The topological polar surface area (TPSA) is 0 Å². The normalized spacial score (nSPS) is 11.4. The van der Waals surface area contributed by atoms with Gasteiger partial charge in [0.05, 0.1) is 0 Å². The Kier molecular flexibility index (Phi) is 5.54. The van der Waals surface area contributed by atoms with Crippen molar-refractivity contribution >= 4 is 5.57 Å². The highest BCUT2D eigenvalue weighted by Crippen LogP contribution is 2.16. The van der Waals surface area contributed by atoms with E-state index in [0.29, 0.717) is 0 Å². The van der Waals surface area contributed by atoms with Gasteiger partial charge in [-0.05, 0) is 24.0 Å². The molecule has 1 aromatic rings. The highest BCUT2D eigenvalue weighted by atomic mass is 14.0. The molecule has 0 aliphatic rings. The molecular weight excluding hydrogens is 180 g/mol. The zero-order valence-corrected chi connectivity index (χ0v) is 9.58. The molecule has 0 radical (unpaired) electrons. The molecule has 0 saturated carbocycles. The smallest absolute Gasteiger partial charge is 0.0187 e. The van der Waals surface area contributed by atoms with Gasteiger partial charge in [0.1, 0.15) is 0 Å². The first-order valence-electron chi connectivity index (χ1n) is 5.76. The third kappa shape index (κ3) is 4.16. The minimum Gasteiger partial charge on any atom is -0.0985 e. The Hall–Kier alpha value is -1.30. The van der Waals surface area contributed by atoms with Gasteiger partial charge in [0.15, 0.2) is 0 Å². The van der Waals surface area contributed by atoms with Crippen molar-refractivity contribution in [3.8, 4) is 0 Å². The van der Waals surface area contributed by atoms with E-state index in [1.54, 1.807) is 0 Å². The van der Waals surface area contributed by atoms with Gasteiger partial charge in [-0.25, -0.2) is 0 Å². The lowest BCUT2D eigenvalue weighted by Crippen LogP contribution is -1.80. The molecular formula is C15H20. The van der Waals surface area contributed by atoms with Gasteiger partial charge >= 0.3 is 0 Å². The average Bonchev–Trinajstić information content (AvgIpc) is 2.30. The van der Waals surface area contributed by atoms with Crippen LogP contribution in [0.2, 0.25) is 0 Å². The quantitative estimate of drug-likeness (QED) is 0.455. The van der Waals surface area contributed by atoms with E-state index in [4.69, 9.17) is 0 Å². The molecule has 0 N–H and O–H groups in total. The van der Waals surface area contributed by atoms with Crippen molar-refractivity contribution in [3.05, 3.63) is 54.6 Å². The van der Waals surface area contributed by atoms with Crippen LogP contribution in [0.15, 0.2) is 49.1 Å². The maximum atomic E-state index is 3.87. The van der Waals surface area contributed by atoms with Crippen LogP contribution in [0.25, 0.3) is 5.57 Å². The van der Waals surface area contributed by atoms with E-state index in [0.717, 1.165) is 6.42 Å². The lowest BCUT2D eigenvalue weighted by molar-refractivity contribution is 0.730. The Bertz CT molecular complexity index is 306. The third-order valence-electron chi connectivity index (χ3n) is 2.50. The second-order valence-electron chi connectivity index (χ2n) is 3.73. The molecule has 0 saturated heterocycles. The first kappa shape index (κ1) is 11.8. The summed E-state index contributed by atoms with van der Waals surface area (Å²) in [5, 5.41) is 0. The predicted octanol–water partition coefficient (Wildman–Crippen LogP) is 4.84. The van der Waals surface area contributed by atoms with E-state index in [-0.39, 0.29) is 0 Å². The van der Waals surface area contributed by atoms with Crippen LogP contribution in [-0.4, -0.2) is 0 Å². The van der Waals surface area contributed by atoms with Crippen LogP contribution in [0.3, 0.4) is 0 Å². The standard InChI is InChI=1S/C15H20/c1-3-5-6-8-11-14(4-2)15-12-9-7-10-13-15/h4,7,9-13H,2-3,5-6,8H2,1H3/b14-11-. The maximum Gasteiger partial charge on any atom is -0.0187 e. The fraction of sp³-hybridized carbons (Fsp3) is 0.333. The molecule has 0 atom stereocenters. The predicted molar refractivity (Wildman–Crippen MR) is 68.8 cm³/mol. The number of hydrogen-bond donors (Lipinski definition) is 0. The van der Waals surface area contributed by atoms with Crippen molar-refractivity contribution < 1.29 is 0 Å². The number of benzene rings is 1. The molecule has 15 heavy (non-hydrogen) atoms. The van der Waals surface area contributed by atoms with Gasteiger partial charge < -0.3 is 0 Å². The van der Waals surface area contributed by atoms with Crippen molar-refractivity contribution in [2.24, 2.45) is 0 Å². The molecule has 1 aromatic carbocycles. The summed E-state index contributed by atoms with van der Waals surface area (Å²) < 4.78 is 0. The molecule has 0 bridgehead atoms. The SMILES string of the molecule is C=C/C(=C/CCCCC)c1ccccc1. The Morgan fingerprint density at radius 3 is 2.53 bits per heavy atom. The van der Waals surface area contributed by atoms with Crippen molar-refractivity contribution in [1.29, 1.82) is 0 Å². The van der Waals surface area contributed by atoms with E-state index in [1.807, 2.05) is 12.1 Å². The van der Waals surface area contributed by atoms with Crippen molar-refractivity contribution in [3.63, 3.8) is 0 Å². The second kappa shape index (κ2) is 7.05. The lowest BCUT2D eigenvalue weighted by atomic mass is 10.0. The maximum absolute atomic E-state index is 3.87. The van der Waals surface area contributed by atoms with Crippen LogP contribution >= 0.6 is 0 Å². The summed E-state index contributed by atoms with van der Waals surface area (Å²) in [6.45, 7) is 6.10. The molecule has 0 aliphatic heterocycles. The van der Waals surface area contributed by atoms with E-state index < -0.39 is 0 Å². The van der Waals surface area contributed by atoms with Gasteiger partial charge in [0, 0.05) is 0 Å². The number of unbranched alkanes of at least 4 members (excludes halogenated alkanes) is 3. The molecule has 0 fully saturated rings. The van der Waals surface area contributed by atoms with Gasteiger partial charge in [0.2, 0.25) is 0 Å². The Labute approximate surface area is 93.3 Å². The zero-order chi connectivity index (χ0) is 10.9. The molecule has 0 heterocycles. The Morgan fingerprint density at radius 2 is 1.93 bits per heavy atom. The van der Waals surface area contributed by atoms with Gasteiger partial charge in [-0.2, -0.15) is 0 Å². The highest BCUT2D eigenvalue weighted by Gasteiger charge is 1.94. The van der Waals surface area contributed by atoms with E-state index >= 15 is 0 Å². The van der Waals surface area contributed by atoms with Crippen molar-refractivity contribution in [1.82, 2.24) is 0 Å². The summed E-state index contributed by atoms with van der Waals surface area (Å²) in [5.74, 6) is 0. The van der Waals surface area contributed by atoms with Gasteiger partial charge in [-0.15, -0.1) is 0 Å². The van der Waals surface area contributed by atoms with Crippen molar-refractivity contribution in [2.45, 2.75) is 32.6 Å². The number of rotatable bonds is 6. The Morgan fingerprint density at radius 1 is 1.20 bits per heavy atom. The number of hydrogen-bond acceptors (Lipinski definition) is 0. The van der Waals surface area contributed by atoms with Crippen LogP contribution in [0.4, 0.5) is 0 Å². The van der Waals surface area contributed by atoms with Gasteiger partial charge in [-0.1, -0.05) is 68.8 Å². The summed E-state index contributed by atoms with van der Waals surface area (Å²) >= 11 is 0. The molecule has 0 aromatic heterocycles. The molecule has 0 amide bonds. The minimum absolute atomic E-state index is 1.16. The van der Waals surface area contributed by atoms with Crippen LogP contribution in [0, 0.1) is 0 Å². The summed E-state index contributed by atoms with van der Waals surface area (Å²) in [5.41, 5.74) is 2.52. The summed E-state index contributed by atoms with van der Waals surface area (Å²) in [6, 6.07) is 10.4. The second-order valence-corrected chi connectivity index (χ2v) is 3.73. The van der Waals surface area contributed by atoms with Crippen LogP contribution < -0.4 is 0 Å².